The molecule has 1 amide bonds. The number of amides is 1. The highest BCUT2D eigenvalue weighted by Crippen LogP contribution is 2.11. The lowest BCUT2D eigenvalue weighted by molar-refractivity contribution is -0.122. The minimum atomic E-state index is -0.405. The first-order valence-corrected chi connectivity index (χ1v) is 9.39. The highest BCUT2D eigenvalue weighted by molar-refractivity contribution is 5.80. The summed E-state index contributed by atoms with van der Waals surface area (Å²) in [5, 5.41) is 15.3. The van der Waals surface area contributed by atoms with E-state index < -0.39 is 5.82 Å². The Morgan fingerprint density at radius 1 is 1.29 bits per heavy atom. The summed E-state index contributed by atoms with van der Waals surface area (Å²) in [6.07, 6.45) is 0. The van der Waals surface area contributed by atoms with E-state index >= 15 is 0 Å². The number of methoxy groups -OCH3 is 1. The Bertz CT molecular complexity index is 663. The van der Waals surface area contributed by atoms with Gasteiger partial charge < -0.3 is 25.4 Å². The minimum absolute atomic E-state index is 0.00371. The molecular formula is C19H30FN5O3. The largest absolute Gasteiger partial charge is 0.392 e. The van der Waals surface area contributed by atoms with Crippen molar-refractivity contribution >= 4 is 11.9 Å². The minimum Gasteiger partial charge on any atom is -0.392 e. The van der Waals surface area contributed by atoms with Gasteiger partial charge in [-0.05, 0) is 17.7 Å². The summed E-state index contributed by atoms with van der Waals surface area (Å²) in [5.74, 6) is 0.362. The molecule has 0 unspecified atom stereocenters. The van der Waals surface area contributed by atoms with Crippen molar-refractivity contribution in [1.82, 2.24) is 20.4 Å². The van der Waals surface area contributed by atoms with Crippen LogP contribution in [0.3, 0.4) is 0 Å². The molecule has 1 heterocycles. The molecule has 1 aromatic rings. The van der Waals surface area contributed by atoms with Gasteiger partial charge >= 0.3 is 0 Å². The molecule has 1 fully saturated rings. The van der Waals surface area contributed by atoms with Gasteiger partial charge in [0.25, 0.3) is 0 Å². The molecule has 0 aliphatic carbocycles. The number of carbonyl (C=O) groups is 1. The molecule has 1 aliphatic rings. The highest BCUT2D eigenvalue weighted by atomic mass is 19.1. The van der Waals surface area contributed by atoms with E-state index in [0.717, 1.165) is 37.7 Å². The summed E-state index contributed by atoms with van der Waals surface area (Å²) in [7, 11) is 3.33. The van der Waals surface area contributed by atoms with Crippen LogP contribution in [0, 0.1) is 5.82 Å². The molecule has 1 saturated heterocycles. The van der Waals surface area contributed by atoms with Crippen molar-refractivity contribution in [1.29, 1.82) is 0 Å². The van der Waals surface area contributed by atoms with E-state index in [1.807, 2.05) is 0 Å². The van der Waals surface area contributed by atoms with Crippen molar-refractivity contribution in [3.8, 4) is 0 Å². The molecular weight excluding hydrogens is 365 g/mol. The number of halogens is 1. The van der Waals surface area contributed by atoms with Crippen LogP contribution in [0.1, 0.15) is 11.1 Å². The van der Waals surface area contributed by atoms with Gasteiger partial charge in [-0.25, -0.2) is 4.39 Å². The monoisotopic (exact) mass is 395 g/mol. The molecule has 0 aromatic heterocycles. The van der Waals surface area contributed by atoms with Crippen molar-refractivity contribution in [3.63, 3.8) is 0 Å². The third-order valence-electron chi connectivity index (χ3n) is 4.61. The number of ether oxygens (including phenoxy) is 1. The van der Waals surface area contributed by atoms with Gasteiger partial charge in [0.05, 0.1) is 19.8 Å². The quantitative estimate of drug-likeness (QED) is 0.320. The third kappa shape index (κ3) is 6.74. The second-order valence-corrected chi connectivity index (χ2v) is 6.59. The highest BCUT2D eigenvalue weighted by Gasteiger charge is 2.21. The predicted octanol–water partition coefficient (Wildman–Crippen LogP) is -0.226. The topological polar surface area (TPSA) is 89.4 Å². The number of piperazine rings is 1. The number of aliphatic imine (C=N–C) groups is 1. The Morgan fingerprint density at radius 3 is 2.68 bits per heavy atom. The zero-order chi connectivity index (χ0) is 20.4. The molecule has 9 heteroatoms. The number of hydrogen-bond acceptors (Lipinski definition) is 5. The second-order valence-electron chi connectivity index (χ2n) is 6.59. The maximum atomic E-state index is 13.5. The fourth-order valence-corrected chi connectivity index (χ4v) is 3.04. The Hall–Kier alpha value is -2.23. The molecule has 0 saturated carbocycles. The van der Waals surface area contributed by atoms with Gasteiger partial charge in [-0.1, -0.05) is 6.07 Å². The fourth-order valence-electron chi connectivity index (χ4n) is 3.04. The average Bonchev–Trinajstić information content (AvgIpc) is 2.71. The second kappa shape index (κ2) is 11.6. The van der Waals surface area contributed by atoms with E-state index in [-0.39, 0.29) is 18.1 Å². The van der Waals surface area contributed by atoms with Crippen molar-refractivity contribution < 1.29 is 19.0 Å². The molecule has 2 rings (SSSR count). The number of aliphatic hydroxyl groups is 1. The lowest BCUT2D eigenvalue weighted by Crippen LogP contribution is -2.54. The van der Waals surface area contributed by atoms with Gasteiger partial charge in [0.1, 0.15) is 5.82 Å². The van der Waals surface area contributed by atoms with E-state index in [1.54, 1.807) is 26.3 Å². The maximum Gasteiger partial charge on any atom is 0.234 e. The van der Waals surface area contributed by atoms with E-state index in [0.29, 0.717) is 26.2 Å². The van der Waals surface area contributed by atoms with Gasteiger partial charge in [0, 0.05) is 59.0 Å². The van der Waals surface area contributed by atoms with E-state index in [9.17, 15) is 14.3 Å². The average molecular weight is 395 g/mol. The molecule has 1 aromatic carbocycles. The summed E-state index contributed by atoms with van der Waals surface area (Å²) in [5.41, 5.74) is 1.16. The first kappa shape index (κ1) is 22.1. The molecule has 0 radical (unpaired) electrons. The van der Waals surface area contributed by atoms with E-state index in [2.05, 4.69) is 25.4 Å². The molecule has 3 N–H and O–H groups in total. The van der Waals surface area contributed by atoms with Gasteiger partial charge in [-0.15, -0.1) is 0 Å². The van der Waals surface area contributed by atoms with Crippen LogP contribution in [0.2, 0.25) is 0 Å². The van der Waals surface area contributed by atoms with Crippen molar-refractivity contribution in [2.24, 2.45) is 4.99 Å². The van der Waals surface area contributed by atoms with Crippen molar-refractivity contribution in [2.45, 2.75) is 13.2 Å². The summed E-state index contributed by atoms with van der Waals surface area (Å²) >= 11 is 0. The third-order valence-corrected chi connectivity index (χ3v) is 4.61. The van der Waals surface area contributed by atoms with Crippen molar-refractivity contribution in [2.75, 3.05) is 60.0 Å². The molecule has 0 spiro atoms. The van der Waals surface area contributed by atoms with Gasteiger partial charge in [-0.2, -0.15) is 0 Å². The number of hydrogen-bond donors (Lipinski definition) is 3. The smallest absolute Gasteiger partial charge is 0.234 e. The van der Waals surface area contributed by atoms with Crippen LogP contribution in [-0.4, -0.2) is 86.8 Å². The van der Waals surface area contributed by atoms with Crippen LogP contribution in [0.15, 0.2) is 23.2 Å². The normalized spacial score (nSPS) is 15.6. The molecule has 156 valence electrons. The van der Waals surface area contributed by atoms with Crippen LogP contribution in [-0.2, 0) is 22.7 Å². The molecule has 0 bridgehead atoms. The number of nitrogens with zero attached hydrogens (tertiary/aromatic N) is 3. The number of benzene rings is 1. The Morgan fingerprint density at radius 2 is 2.04 bits per heavy atom. The standard InChI is InChI=1S/C19H30FN5O3/c1-21-19(23-12-15-3-4-17(20)16(11-15)14-26)25-8-6-24(7-9-25)13-18(27)22-5-10-28-2/h3-4,11,26H,5-10,12-14H2,1-2H3,(H,21,23)(H,22,27). The Kier molecular flexibility index (Phi) is 9.12. The van der Waals surface area contributed by atoms with Gasteiger partial charge in [-0.3, -0.25) is 14.7 Å². The molecule has 8 nitrogen and oxygen atoms in total. The zero-order valence-corrected chi connectivity index (χ0v) is 16.6. The van der Waals surface area contributed by atoms with Crippen LogP contribution < -0.4 is 10.6 Å². The van der Waals surface area contributed by atoms with E-state index in [4.69, 9.17) is 4.74 Å². The van der Waals surface area contributed by atoms with Gasteiger partial charge in [0.15, 0.2) is 5.96 Å². The number of nitrogens with one attached hydrogen (secondary N) is 2. The van der Waals surface area contributed by atoms with Crippen LogP contribution in [0.4, 0.5) is 4.39 Å². The molecule has 0 atom stereocenters. The number of aliphatic hydroxyl groups excluding tert-OH is 1. The summed E-state index contributed by atoms with van der Waals surface area (Å²) in [6, 6.07) is 4.70. The first-order valence-electron chi connectivity index (χ1n) is 9.39. The zero-order valence-electron chi connectivity index (χ0n) is 16.6. The molecule has 1 aliphatic heterocycles. The van der Waals surface area contributed by atoms with Crippen molar-refractivity contribution in [3.05, 3.63) is 35.1 Å². The summed E-state index contributed by atoms with van der Waals surface area (Å²) < 4.78 is 18.4. The van der Waals surface area contributed by atoms with Crippen LogP contribution >= 0.6 is 0 Å². The van der Waals surface area contributed by atoms with Gasteiger partial charge in [0.2, 0.25) is 5.91 Å². The number of guanidine groups is 1. The lowest BCUT2D eigenvalue weighted by Gasteiger charge is -2.36. The van der Waals surface area contributed by atoms with Crippen LogP contribution in [0.5, 0.6) is 0 Å². The lowest BCUT2D eigenvalue weighted by atomic mass is 10.1. The predicted molar refractivity (Wildman–Crippen MR) is 105 cm³/mol. The SMILES string of the molecule is CN=C(NCc1ccc(F)c(CO)c1)N1CCN(CC(=O)NCCOC)CC1. The van der Waals surface area contributed by atoms with E-state index in [1.165, 1.54) is 6.07 Å². The molecule has 28 heavy (non-hydrogen) atoms. The summed E-state index contributed by atoms with van der Waals surface area (Å²) in [6.45, 7) is 4.63. The maximum absolute atomic E-state index is 13.5. The first-order chi connectivity index (χ1) is 13.6. The van der Waals surface area contributed by atoms with Crippen LogP contribution in [0.25, 0.3) is 0 Å². The fraction of sp³-hybridized carbons (Fsp3) is 0.579. The Balaban J connectivity index is 1.78. The number of carbonyl (C=O) groups excluding carboxylic acids is 1. The Labute approximate surface area is 165 Å². The summed E-state index contributed by atoms with van der Waals surface area (Å²) in [4.78, 5) is 20.5. The number of rotatable bonds is 8.